The minimum atomic E-state index is -0.132. The molecule has 5 aromatic rings. The third kappa shape index (κ3) is 4.45. The van der Waals surface area contributed by atoms with Crippen molar-refractivity contribution in [3.8, 4) is 0 Å². The molecule has 5 rings (SSSR count). The van der Waals surface area contributed by atoms with Crippen LogP contribution in [0.1, 0.15) is 11.1 Å². The lowest BCUT2D eigenvalue weighted by Crippen LogP contribution is -2.24. The van der Waals surface area contributed by atoms with Crippen LogP contribution in [0.3, 0.4) is 0 Å². The van der Waals surface area contributed by atoms with Crippen molar-refractivity contribution in [3.63, 3.8) is 0 Å². The Hall–Kier alpha value is -3.91. The number of benzene rings is 3. The molecule has 170 valence electrons. The number of thioether (sulfide) groups is 1. The van der Waals surface area contributed by atoms with Gasteiger partial charge in [-0.05, 0) is 43.2 Å². The predicted octanol–water partition coefficient (Wildman–Crippen LogP) is 4.33. The number of aryl methyl sites for hydroxylation is 3. The number of rotatable bonds is 7. The van der Waals surface area contributed by atoms with Crippen molar-refractivity contribution in [1.82, 2.24) is 19.2 Å². The Balaban J connectivity index is 1.45. The first-order valence-electron chi connectivity index (χ1n) is 11.0. The van der Waals surface area contributed by atoms with Crippen LogP contribution in [0, 0.1) is 6.92 Å². The summed E-state index contributed by atoms with van der Waals surface area (Å²) in [5, 5.41) is 12.7. The van der Waals surface area contributed by atoms with Crippen LogP contribution >= 0.6 is 11.8 Å². The van der Waals surface area contributed by atoms with E-state index in [1.807, 2.05) is 90.2 Å². The van der Waals surface area contributed by atoms with Crippen LogP contribution in [0.2, 0.25) is 0 Å². The molecule has 0 saturated heterocycles. The largest absolute Gasteiger partial charge is 0.325 e. The SMILES string of the molecule is Cc1ccc(NC(=O)CSc2nnc3n(CCc4ccccc4)c(=O)c4ccccc4n23)cc1. The molecule has 0 unspecified atom stereocenters. The molecular weight excluding hydrogens is 446 g/mol. The van der Waals surface area contributed by atoms with Crippen molar-refractivity contribution in [2.45, 2.75) is 25.0 Å². The summed E-state index contributed by atoms with van der Waals surface area (Å²) in [4.78, 5) is 25.8. The molecule has 0 atom stereocenters. The lowest BCUT2D eigenvalue weighted by molar-refractivity contribution is -0.113. The predicted molar refractivity (Wildman–Crippen MR) is 135 cm³/mol. The van der Waals surface area contributed by atoms with Crippen LogP contribution in [0.5, 0.6) is 0 Å². The van der Waals surface area contributed by atoms with Gasteiger partial charge in [0.2, 0.25) is 11.7 Å². The van der Waals surface area contributed by atoms with Gasteiger partial charge >= 0.3 is 0 Å². The van der Waals surface area contributed by atoms with E-state index in [0.29, 0.717) is 29.3 Å². The zero-order valence-corrected chi connectivity index (χ0v) is 19.5. The highest BCUT2D eigenvalue weighted by molar-refractivity contribution is 7.99. The molecule has 2 aromatic heterocycles. The number of fused-ring (bicyclic) bond motifs is 3. The molecule has 34 heavy (non-hydrogen) atoms. The number of nitrogens with one attached hydrogen (secondary N) is 1. The summed E-state index contributed by atoms with van der Waals surface area (Å²) in [6, 6.07) is 25.1. The third-order valence-electron chi connectivity index (χ3n) is 5.61. The average Bonchev–Trinajstić information content (AvgIpc) is 3.29. The van der Waals surface area contributed by atoms with Crippen molar-refractivity contribution in [2.75, 3.05) is 11.1 Å². The smallest absolute Gasteiger partial charge is 0.262 e. The Morgan fingerprint density at radius 3 is 2.47 bits per heavy atom. The number of amides is 1. The molecule has 1 amide bonds. The van der Waals surface area contributed by atoms with Gasteiger partial charge in [-0.25, -0.2) is 0 Å². The number of nitrogens with zero attached hydrogens (tertiary/aromatic N) is 4. The molecule has 0 fully saturated rings. The van der Waals surface area contributed by atoms with E-state index >= 15 is 0 Å². The first-order chi connectivity index (χ1) is 16.6. The van der Waals surface area contributed by atoms with Gasteiger partial charge in [-0.3, -0.25) is 18.6 Å². The number of hydrogen-bond acceptors (Lipinski definition) is 5. The highest BCUT2D eigenvalue weighted by atomic mass is 32.2. The molecule has 0 bridgehead atoms. The Bertz CT molecular complexity index is 1520. The topological polar surface area (TPSA) is 81.3 Å². The fourth-order valence-electron chi connectivity index (χ4n) is 3.88. The van der Waals surface area contributed by atoms with Gasteiger partial charge in [0.25, 0.3) is 5.56 Å². The van der Waals surface area contributed by atoms with Crippen LogP contribution < -0.4 is 10.9 Å². The molecule has 0 aliphatic heterocycles. The lowest BCUT2D eigenvalue weighted by Gasteiger charge is -2.11. The van der Waals surface area contributed by atoms with Gasteiger partial charge in [-0.2, -0.15) is 0 Å². The number of hydrogen-bond donors (Lipinski definition) is 1. The second-order valence-corrected chi connectivity index (χ2v) is 8.97. The van der Waals surface area contributed by atoms with Crippen LogP contribution in [-0.2, 0) is 17.8 Å². The van der Waals surface area contributed by atoms with E-state index in [2.05, 4.69) is 15.5 Å². The molecule has 3 aromatic carbocycles. The fraction of sp³-hybridized carbons (Fsp3) is 0.154. The van der Waals surface area contributed by atoms with Crippen LogP contribution in [-0.4, -0.2) is 30.8 Å². The zero-order valence-electron chi connectivity index (χ0n) is 18.6. The van der Waals surface area contributed by atoms with Crippen LogP contribution in [0.4, 0.5) is 5.69 Å². The number of carbonyl (C=O) groups excluding carboxylic acids is 1. The van der Waals surface area contributed by atoms with E-state index in [1.54, 1.807) is 4.57 Å². The summed E-state index contributed by atoms with van der Waals surface area (Å²) in [6.07, 6.45) is 0.697. The second kappa shape index (κ2) is 9.52. The molecule has 1 N–H and O–H groups in total. The maximum atomic E-state index is 13.3. The van der Waals surface area contributed by atoms with Crippen molar-refractivity contribution in [3.05, 3.63) is 100 Å². The molecular formula is C26H23N5O2S. The number of anilines is 1. The monoisotopic (exact) mass is 469 g/mol. The van der Waals surface area contributed by atoms with Crippen LogP contribution in [0.25, 0.3) is 16.7 Å². The molecule has 7 nitrogen and oxygen atoms in total. The Morgan fingerprint density at radius 2 is 1.68 bits per heavy atom. The van der Waals surface area contributed by atoms with Gasteiger partial charge in [-0.15, -0.1) is 10.2 Å². The van der Waals surface area contributed by atoms with Crippen LogP contribution in [0.15, 0.2) is 88.8 Å². The van der Waals surface area contributed by atoms with Gasteiger partial charge in [0, 0.05) is 12.2 Å². The first-order valence-corrected chi connectivity index (χ1v) is 12.0. The average molecular weight is 470 g/mol. The summed E-state index contributed by atoms with van der Waals surface area (Å²) < 4.78 is 3.53. The highest BCUT2D eigenvalue weighted by Crippen LogP contribution is 2.22. The normalized spacial score (nSPS) is 11.2. The first kappa shape index (κ1) is 21.9. The molecule has 2 heterocycles. The number of para-hydroxylation sites is 1. The van der Waals surface area contributed by atoms with Gasteiger partial charge in [-0.1, -0.05) is 71.9 Å². The van der Waals surface area contributed by atoms with Crippen molar-refractivity contribution in [1.29, 1.82) is 0 Å². The summed E-state index contributed by atoms with van der Waals surface area (Å²) in [6.45, 7) is 2.48. The maximum absolute atomic E-state index is 13.3. The number of carbonyl (C=O) groups is 1. The van der Waals surface area contributed by atoms with E-state index in [4.69, 9.17) is 0 Å². The van der Waals surface area contributed by atoms with Crippen molar-refractivity contribution < 1.29 is 4.79 Å². The molecule has 0 spiro atoms. The Morgan fingerprint density at radius 1 is 0.941 bits per heavy atom. The summed E-state index contributed by atoms with van der Waals surface area (Å²) in [7, 11) is 0. The fourth-order valence-corrected chi connectivity index (χ4v) is 4.62. The van der Waals surface area contributed by atoms with Crippen molar-refractivity contribution >= 4 is 40.0 Å². The standard InChI is InChI=1S/C26H23N5O2S/c1-18-11-13-20(14-12-18)27-23(32)17-34-26-29-28-25-30(16-15-19-7-3-2-4-8-19)24(33)21-9-5-6-10-22(21)31(25)26/h2-14H,15-17H2,1H3,(H,27,32). The van der Waals surface area contributed by atoms with Gasteiger partial charge in [0.1, 0.15) is 0 Å². The molecule has 0 aliphatic carbocycles. The van der Waals surface area contributed by atoms with Gasteiger partial charge in [0.15, 0.2) is 5.16 Å². The van der Waals surface area contributed by atoms with E-state index in [0.717, 1.165) is 22.3 Å². The van der Waals surface area contributed by atoms with Gasteiger partial charge in [0.05, 0.1) is 16.7 Å². The maximum Gasteiger partial charge on any atom is 0.262 e. The van der Waals surface area contributed by atoms with Gasteiger partial charge < -0.3 is 5.32 Å². The molecule has 8 heteroatoms. The van der Waals surface area contributed by atoms with E-state index < -0.39 is 0 Å². The minimum absolute atomic E-state index is 0.0971. The molecule has 0 saturated carbocycles. The number of aromatic nitrogens is 4. The molecule has 0 aliphatic rings. The minimum Gasteiger partial charge on any atom is -0.325 e. The summed E-state index contributed by atoms with van der Waals surface area (Å²) >= 11 is 1.29. The van der Waals surface area contributed by atoms with E-state index in [-0.39, 0.29) is 17.2 Å². The summed E-state index contributed by atoms with van der Waals surface area (Å²) in [5.41, 5.74) is 3.66. The van der Waals surface area contributed by atoms with Crippen molar-refractivity contribution in [2.24, 2.45) is 0 Å². The van der Waals surface area contributed by atoms with E-state index in [1.165, 1.54) is 11.8 Å². The Labute approximate surface area is 200 Å². The Kier molecular flexibility index (Phi) is 6.14. The van der Waals surface area contributed by atoms with E-state index in [9.17, 15) is 9.59 Å². The second-order valence-electron chi connectivity index (χ2n) is 8.03. The summed E-state index contributed by atoms with van der Waals surface area (Å²) in [5.74, 6) is 0.514. The lowest BCUT2D eigenvalue weighted by atomic mass is 10.1. The molecule has 0 radical (unpaired) electrons. The quantitative estimate of drug-likeness (QED) is 0.359. The zero-order chi connectivity index (χ0) is 23.5. The third-order valence-corrected chi connectivity index (χ3v) is 6.54. The highest BCUT2D eigenvalue weighted by Gasteiger charge is 2.17.